The van der Waals surface area contributed by atoms with Crippen molar-refractivity contribution in [2.24, 2.45) is 5.41 Å². The Balaban J connectivity index is 1.73. The molecule has 2 aliphatic rings. The predicted octanol–water partition coefficient (Wildman–Crippen LogP) is 3.75. The van der Waals surface area contributed by atoms with Gasteiger partial charge in [-0.15, -0.1) is 0 Å². The molecule has 128 valence electrons. The Labute approximate surface area is 147 Å². The maximum Gasteiger partial charge on any atom is 0.177 e. The van der Waals surface area contributed by atoms with Crippen molar-refractivity contribution in [3.05, 3.63) is 66.0 Å². The van der Waals surface area contributed by atoms with Crippen molar-refractivity contribution in [1.82, 2.24) is 4.98 Å². The number of ether oxygens (including phenoxy) is 1. The third-order valence-corrected chi connectivity index (χ3v) is 5.92. The molecule has 2 aliphatic carbocycles. The van der Waals surface area contributed by atoms with Gasteiger partial charge in [0.2, 0.25) is 0 Å². The summed E-state index contributed by atoms with van der Waals surface area (Å²) in [5, 5.41) is 0. The Morgan fingerprint density at radius 3 is 2.20 bits per heavy atom. The second kappa shape index (κ2) is 5.56. The van der Waals surface area contributed by atoms with Gasteiger partial charge in [-0.3, -0.25) is 4.98 Å². The highest BCUT2D eigenvalue weighted by Crippen LogP contribution is 2.57. The number of aromatic nitrogens is 1. The van der Waals surface area contributed by atoms with E-state index in [1.807, 2.05) is 24.3 Å². The zero-order valence-corrected chi connectivity index (χ0v) is 15.0. The molecule has 0 bridgehead atoms. The summed E-state index contributed by atoms with van der Waals surface area (Å²) >= 11 is 0. The summed E-state index contributed by atoms with van der Waals surface area (Å²) in [5.74, 6) is 0.824. The van der Waals surface area contributed by atoms with Crippen molar-refractivity contribution in [3.8, 4) is 5.75 Å². The number of hydrogen-bond acceptors (Lipinski definition) is 4. The highest BCUT2D eigenvalue weighted by molar-refractivity contribution is 7.90. The van der Waals surface area contributed by atoms with Crippen molar-refractivity contribution >= 4 is 21.0 Å². The van der Waals surface area contributed by atoms with Gasteiger partial charge in [-0.2, -0.15) is 0 Å². The molecule has 25 heavy (non-hydrogen) atoms. The maximum atomic E-state index is 11.6. The molecule has 4 nitrogen and oxygen atoms in total. The lowest BCUT2D eigenvalue weighted by atomic mass is 9.98. The molecule has 4 rings (SSSR count). The predicted molar refractivity (Wildman–Crippen MR) is 98.0 cm³/mol. The van der Waals surface area contributed by atoms with E-state index in [1.165, 1.54) is 12.5 Å². The van der Waals surface area contributed by atoms with E-state index in [2.05, 4.69) is 17.1 Å². The van der Waals surface area contributed by atoms with Gasteiger partial charge in [0.15, 0.2) is 9.84 Å². The van der Waals surface area contributed by atoms with Crippen LogP contribution in [0.1, 0.15) is 24.1 Å². The van der Waals surface area contributed by atoms with Gasteiger partial charge >= 0.3 is 0 Å². The average molecular weight is 353 g/mol. The summed E-state index contributed by atoms with van der Waals surface area (Å²) in [4.78, 5) is 4.66. The fraction of sp³-hybridized carbons (Fsp3) is 0.250. The first-order valence-electron chi connectivity index (χ1n) is 8.17. The van der Waals surface area contributed by atoms with Gasteiger partial charge in [0.1, 0.15) is 5.75 Å². The topological polar surface area (TPSA) is 56.3 Å². The first kappa shape index (κ1) is 16.1. The molecule has 0 saturated heterocycles. The highest BCUT2D eigenvalue weighted by Gasteiger charge is 2.43. The molecule has 0 radical (unpaired) electrons. The van der Waals surface area contributed by atoms with Crippen LogP contribution < -0.4 is 4.74 Å². The van der Waals surface area contributed by atoms with Crippen LogP contribution in [0.2, 0.25) is 0 Å². The molecule has 1 heterocycles. The van der Waals surface area contributed by atoms with Crippen LogP contribution in [0.25, 0.3) is 11.1 Å². The molecule has 1 spiro atoms. The van der Waals surface area contributed by atoms with E-state index < -0.39 is 9.84 Å². The minimum Gasteiger partial charge on any atom is -0.497 e. The third kappa shape index (κ3) is 3.00. The maximum absolute atomic E-state index is 11.6. The number of methoxy groups -OCH3 is 1. The molecular weight excluding hydrogens is 334 g/mol. The molecule has 1 aromatic carbocycles. The molecule has 0 N–H and O–H groups in total. The van der Waals surface area contributed by atoms with Crippen LogP contribution in [-0.4, -0.2) is 26.8 Å². The molecule has 0 amide bonds. The third-order valence-electron chi connectivity index (χ3n) is 4.82. The van der Waals surface area contributed by atoms with E-state index in [9.17, 15) is 8.42 Å². The standard InChI is InChI=1S/C20H19NO3S/c1-24-15-5-3-14(4-6-15)17-11-20(9-10-20)12-18(17)19-8-7-16(13-21-19)25(2,22)23/h3-8,11-13H,9-10H2,1-2H3. The van der Waals surface area contributed by atoms with E-state index >= 15 is 0 Å². The largest absolute Gasteiger partial charge is 0.497 e. The van der Waals surface area contributed by atoms with Crippen molar-refractivity contribution in [3.63, 3.8) is 0 Å². The summed E-state index contributed by atoms with van der Waals surface area (Å²) in [7, 11) is -1.58. The first-order chi connectivity index (χ1) is 11.9. The molecular formula is C20H19NO3S. The zero-order valence-electron chi connectivity index (χ0n) is 14.2. The Morgan fingerprint density at radius 1 is 1.00 bits per heavy atom. The van der Waals surface area contributed by atoms with Crippen molar-refractivity contribution in [1.29, 1.82) is 0 Å². The van der Waals surface area contributed by atoms with Crippen LogP contribution >= 0.6 is 0 Å². The molecule has 1 aromatic heterocycles. The summed E-state index contributed by atoms with van der Waals surface area (Å²) < 4.78 is 28.5. The lowest BCUT2D eigenvalue weighted by Gasteiger charge is -2.10. The fourth-order valence-electron chi connectivity index (χ4n) is 3.19. The summed E-state index contributed by atoms with van der Waals surface area (Å²) in [5.41, 5.74) is 4.30. The number of pyridine rings is 1. The lowest BCUT2D eigenvalue weighted by Crippen LogP contribution is -1.99. The molecule has 1 saturated carbocycles. The molecule has 0 unspecified atom stereocenters. The monoisotopic (exact) mass is 353 g/mol. The van der Waals surface area contributed by atoms with Crippen LogP contribution in [0, 0.1) is 5.41 Å². The van der Waals surface area contributed by atoms with Crippen molar-refractivity contribution in [2.75, 3.05) is 13.4 Å². The van der Waals surface area contributed by atoms with Crippen molar-refractivity contribution in [2.45, 2.75) is 17.7 Å². The van der Waals surface area contributed by atoms with Gasteiger partial charge in [-0.1, -0.05) is 24.3 Å². The van der Waals surface area contributed by atoms with Crippen LogP contribution in [0.3, 0.4) is 0 Å². The van der Waals surface area contributed by atoms with Crippen molar-refractivity contribution < 1.29 is 13.2 Å². The lowest BCUT2D eigenvalue weighted by molar-refractivity contribution is 0.415. The van der Waals surface area contributed by atoms with Gasteiger partial charge in [0.05, 0.1) is 17.7 Å². The molecule has 5 heteroatoms. The molecule has 0 atom stereocenters. The summed E-state index contributed by atoms with van der Waals surface area (Å²) in [6.45, 7) is 0. The number of allylic oxidation sites excluding steroid dienone is 4. The van der Waals surface area contributed by atoms with Crippen LogP contribution in [0.5, 0.6) is 5.75 Å². The number of sulfone groups is 1. The van der Waals surface area contributed by atoms with E-state index in [1.54, 1.807) is 19.2 Å². The smallest absolute Gasteiger partial charge is 0.177 e. The first-order valence-corrected chi connectivity index (χ1v) is 10.1. The summed E-state index contributed by atoms with van der Waals surface area (Å²) in [6.07, 6.45) is 9.52. The van der Waals surface area contributed by atoms with Gasteiger partial charge in [0.25, 0.3) is 0 Å². The number of rotatable bonds is 4. The van der Waals surface area contributed by atoms with E-state index in [0.717, 1.165) is 41.0 Å². The zero-order chi connectivity index (χ0) is 17.7. The Hall–Kier alpha value is -2.40. The molecule has 0 aliphatic heterocycles. The number of benzene rings is 1. The van der Waals surface area contributed by atoms with E-state index in [-0.39, 0.29) is 10.3 Å². The van der Waals surface area contributed by atoms with E-state index in [4.69, 9.17) is 4.74 Å². The number of hydrogen-bond donors (Lipinski definition) is 0. The second-order valence-electron chi connectivity index (χ2n) is 6.73. The quantitative estimate of drug-likeness (QED) is 0.840. The summed E-state index contributed by atoms with van der Waals surface area (Å²) in [6, 6.07) is 11.4. The minimum absolute atomic E-state index is 0.155. The van der Waals surface area contributed by atoms with Crippen LogP contribution in [-0.2, 0) is 9.84 Å². The van der Waals surface area contributed by atoms with Gasteiger partial charge < -0.3 is 4.74 Å². The van der Waals surface area contributed by atoms with Crippen LogP contribution in [0.4, 0.5) is 0 Å². The Bertz CT molecular complexity index is 980. The highest BCUT2D eigenvalue weighted by atomic mass is 32.2. The molecule has 2 aromatic rings. The SMILES string of the molecule is COc1ccc(C2=CC3(C=C2c2ccc(S(C)(=O)=O)cn2)CC3)cc1. The van der Waals surface area contributed by atoms with E-state index in [0.29, 0.717) is 0 Å². The molecule has 1 fully saturated rings. The Kier molecular flexibility index (Phi) is 3.58. The van der Waals surface area contributed by atoms with Gasteiger partial charge in [-0.05, 0) is 48.2 Å². The number of nitrogens with zero attached hydrogens (tertiary/aromatic N) is 1. The second-order valence-corrected chi connectivity index (χ2v) is 8.74. The fourth-order valence-corrected chi connectivity index (χ4v) is 3.74. The van der Waals surface area contributed by atoms with Gasteiger partial charge in [-0.25, -0.2) is 8.42 Å². The van der Waals surface area contributed by atoms with Crippen LogP contribution in [0.15, 0.2) is 59.6 Å². The van der Waals surface area contributed by atoms with Gasteiger partial charge in [0, 0.05) is 23.4 Å². The average Bonchev–Trinajstić information content (AvgIpc) is 3.25. The Morgan fingerprint density at radius 2 is 1.68 bits per heavy atom. The normalized spacial score (nSPS) is 18.0. The minimum atomic E-state index is -3.24.